The van der Waals surface area contributed by atoms with Gasteiger partial charge in [-0.3, -0.25) is 0 Å². The van der Waals surface area contributed by atoms with E-state index in [9.17, 15) is 9.90 Å². The van der Waals surface area contributed by atoms with Crippen molar-refractivity contribution in [1.82, 2.24) is 0 Å². The molecular formula is C20H22O3. The van der Waals surface area contributed by atoms with E-state index in [0.717, 1.165) is 23.8 Å². The number of hydrogen-bond acceptors (Lipinski definition) is 3. The molecule has 0 fully saturated rings. The monoisotopic (exact) mass is 310 g/mol. The summed E-state index contributed by atoms with van der Waals surface area (Å²) in [5.74, 6) is 0.614. The Bertz CT molecular complexity index is 847. The van der Waals surface area contributed by atoms with Gasteiger partial charge in [-0.15, -0.1) is 0 Å². The van der Waals surface area contributed by atoms with Crippen molar-refractivity contribution in [2.45, 2.75) is 33.6 Å². The third kappa shape index (κ3) is 3.81. The van der Waals surface area contributed by atoms with Gasteiger partial charge in [0, 0.05) is 5.56 Å². The summed E-state index contributed by atoms with van der Waals surface area (Å²) >= 11 is 0. The molecule has 0 amide bonds. The highest BCUT2D eigenvalue weighted by atomic mass is 16.4. The fraction of sp³-hybridized carbons (Fsp3) is 0.250. The molecule has 0 aliphatic heterocycles. The van der Waals surface area contributed by atoms with Crippen molar-refractivity contribution < 1.29 is 9.52 Å². The molecular weight excluding hydrogens is 288 g/mol. The third-order valence-corrected chi connectivity index (χ3v) is 3.50. The number of phenolic OH excluding ortho intramolecular Hbond substituents is 1. The summed E-state index contributed by atoms with van der Waals surface area (Å²) in [5, 5.41) is 10.6. The van der Waals surface area contributed by atoms with Crippen LogP contribution in [0.3, 0.4) is 0 Å². The Kier molecular flexibility index (Phi) is 5.58. The molecule has 0 aliphatic carbocycles. The zero-order valence-electron chi connectivity index (χ0n) is 13.8. The van der Waals surface area contributed by atoms with Crippen molar-refractivity contribution >= 4 is 10.8 Å². The van der Waals surface area contributed by atoms with E-state index in [1.165, 1.54) is 11.6 Å². The Balaban J connectivity index is 0.000000924. The van der Waals surface area contributed by atoms with Crippen LogP contribution >= 0.6 is 0 Å². The fourth-order valence-corrected chi connectivity index (χ4v) is 2.48. The van der Waals surface area contributed by atoms with Crippen LogP contribution in [0.15, 0.2) is 57.7 Å². The van der Waals surface area contributed by atoms with Crippen LogP contribution < -0.4 is 5.63 Å². The van der Waals surface area contributed by atoms with E-state index in [-0.39, 0.29) is 5.75 Å². The molecule has 3 nitrogen and oxygen atoms in total. The van der Waals surface area contributed by atoms with Gasteiger partial charge in [0.25, 0.3) is 0 Å². The summed E-state index contributed by atoms with van der Waals surface area (Å²) in [4.78, 5) is 12.1. The molecule has 0 radical (unpaired) electrons. The fourth-order valence-electron chi connectivity index (χ4n) is 2.48. The Morgan fingerprint density at radius 3 is 2.57 bits per heavy atom. The lowest BCUT2D eigenvalue weighted by Crippen LogP contribution is -2.00. The van der Waals surface area contributed by atoms with Crippen molar-refractivity contribution in [2.24, 2.45) is 0 Å². The number of hydrogen-bond donors (Lipinski definition) is 1. The summed E-state index contributed by atoms with van der Waals surface area (Å²) < 4.78 is 5.40. The molecule has 3 heteroatoms. The van der Waals surface area contributed by atoms with Crippen LogP contribution in [-0.4, -0.2) is 5.11 Å². The van der Waals surface area contributed by atoms with Gasteiger partial charge in [0.15, 0.2) is 0 Å². The second-order valence-electron chi connectivity index (χ2n) is 5.12. The molecule has 3 aromatic rings. The predicted octanol–water partition coefficient (Wildman–Crippen LogP) is 5.14. The number of aryl methyl sites for hydroxylation is 1. The largest absolute Gasteiger partial charge is 0.508 e. The maximum absolute atomic E-state index is 12.1. The zero-order chi connectivity index (χ0) is 16.8. The van der Waals surface area contributed by atoms with Gasteiger partial charge in [0.2, 0.25) is 0 Å². The van der Waals surface area contributed by atoms with Crippen LogP contribution in [0.25, 0.3) is 22.1 Å². The second kappa shape index (κ2) is 7.63. The van der Waals surface area contributed by atoms with Crippen LogP contribution in [0.5, 0.6) is 5.75 Å². The Morgan fingerprint density at radius 2 is 1.83 bits per heavy atom. The molecule has 0 saturated carbocycles. The lowest BCUT2D eigenvalue weighted by Gasteiger charge is -2.05. The van der Waals surface area contributed by atoms with E-state index in [1.54, 1.807) is 12.1 Å². The first-order chi connectivity index (χ1) is 11.2. The van der Waals surface area contributed by atoms with E-state index in [0.29, 0.717) is 11.1 Å². The number of benzene rings is 2. The molecule has 0 spiro atoms. The van der Waals surface area contributed by atoms with Crippen LogP contribution in [0.1, 0.15) is 32.8 Å². The molecule has 1 heterocycles. The van der Waals surface area contributed by atoms with Crippen molar-refractivity contribution in [2.75, 3.05) is 0 Å². The van der Waals surface area contributed by atoms with Crippen LogP contribution in [0, 0.1) is 0 Å². The van der Waals surface area contributed by atoms with Gasteiger partial charge in [0.1, 0.15) is 11.5 Å². The van der Waals surface area contributed by atoms with Crippen molar-refractivity contribution in [3.05, 3.63) is 64.5 Å². The van der Waals surface area contributed by atoms with Crippen molar-refractivity contribution in [3.63, 3.8) is 0 Å². The minimum Gasteiger partial charge on any atom is -0.508 e. The summed E-state index contributed by atoms with van der Waals surface area (Å²) in [6, 6.07) is 14.6. The molecule has 1 aromatic heterocycles. The highest BCUT2D eigenvalue weighted by Crippen LogP contribution is 2.25. The Labute approximate surface area is 136 Å². The first kappa shape index (κ1) is 16.8. The average molecular weight is 310 g/mol. The first-order valence-corrected chi connectivity index (χ1v) is 8.03. The van der Waals surface area contributed by atoms with Crippen LogP contribution in [-0.2, 0) is 6.42 Å². The van der Waals surface area contributed by atoms with Crippen LogP contribution in [0.2, 0.25) is 0 Å². The van der Waals surface area contributed by atoms with E-state index >= 15 is 0 Å². The average Bonchev–Trinajstić information content (AvgIpc) is 2.58. The highest BCUT2D eigenvalue weighted by molar-refractivity contribution is 5.85. The van der Waals surface area contributed by atoms with Crippen LogP contribution in [0.4, 0.5) is 0 Å². The molecule has 0 aliphatic rings. The minimum atomic E-state index is -0.431. The first-order valence-electron chi connectivity index (χ1n) is 8.03. The van der Waals surface area contributed by atoms with Gasteiger partial charge in [-0.2, -0.15) is 0 Å². The van der Waals surface area contributed by atoms with E-state index in [1.807, 2.05) is 38.1 Å². The highest BCUT2D eigenvalue weighted by Gasteiger charge is 2.08. The number of rotatable bonds is 3. The molecule has 2 aromatic carbocycles. The number of fused-ring (bicyclic) bond motifs is 1. The summed E-state index contributed by atoms with van der Waals surface area (Å²) in [6.45, 7) is 6.13. The van der Waals surface area contributed by atoms with Gasteiger partial charge >= 0.3 is 5.63 Å². The van der Waals surface area contributed by atoms with Gasteiger partial charge in [0.05, 0.1) is 5.39 Å². The summed E-state index contributed by atoms with van der Waals surface area (Å²) in [6.07, 6.45) is 2.07. The third-order valence-electron chi connectivity index (χ3n) is 3.50. The topological polar surface area (TPSA) is 50.4 Å². The van der Waals surface area contributed by atoms with Gasteiger partial charge < -0.3 is 9.52 Å². The molecule has 3 rings (SSSR count). The smallest absolute Gasteiger partial charge is 0.344 e. The molecule has 0 bridgehead atoms. The normalized spacial score (nSPS) is 10.2. The maximum Gasteiger partial charge on any atom is 0.344 e. The molecule has 1 N–H and O–H groups in total. The second-order valence-corrected chi connectivity index (χ2v) is 5.12. The van der Waals surface area contributed by atoms with E-state index < -0.39 is 5.63 Å². The lowest BCUT2D eigenvalue weighted by molar-refractivity contribution is 0.475. The molecule has 0 atom stereocenters. The van der Waals surface area contributed by atoms with Crippen molar-refractivity contribution in [3.8, 4) is 17.1 Å². The molecule has 0 saturated heterocycles. The number of phenols is 1. The Hall–Kier alpha value is -2.55. The summed E-state index contributed by atoms with van der Waals surface area (Å²) in [7, 11) is 0. The standard InChI is InChI=1S/C18H16O3.C2H6/c1-2-4-12-5-3-6-14(9-12)17-10-13-7-8-15(19)11-16(13)18(20)21-17;1-2/h3,5-11,19H,2,4H2,1H3;1-2H3. The molecule has 120 valence electrons. The lowest BCUT2D eigenvalue weighted by atomic mass is 10.0. The SMILES string of the molecule is CC.CCCc1cccc(-c2cc3ccc(O)cc3c(=O)o2)c1. The van der Waals surface area contributed by atoms with E-state index in [4.69, 9.17) is 4.42 Å². The van der Waals surface area contributed by atoms with E-state index in [2.05, 4.69) is 13.0 Å². The zero-order valence-corrected chi connectivity index (χ0v) is 13.8. The Morgan fingerprint density at radius 1 is 1.04 bits per heavy atom. The van der Waals surface area contributed by atoms with Gasteiger partial charge in [-0.05, 0) is 41.6 Å². The predicted molar refractivity (Wildman–Crippen MR) is 94.9 cm³/mol. The van der Waals surface area contributed by atoms with Gasteiger partial charge in [-0.1, -0.05) is 51.5 Å². The van der Waals surface area contributed by atoms with Crippen molar-refractivity contribution in [1.29, 1.82) is 0 Å². The maximum atomic E-state index is 12.1. The minimum absolute atomic E-state index is 0.0625. The quantitative estimate of drug-likeness (QED) is 0.728. The number of aromatic hydroxyl groups is 1. The van der Waals surface area contributed by atoms with Gasteiger partial charge in [-0.25, -0.2) is 4.79 Å². The molecule has 0 unspecified atom stereocenters. The molecule has 23 heavy (non-hydrogen) atoms. The summed E-state index contributed by atoms with van der Waals surface area (Å²) in [5.41, 5.74) is 1.69.